The van der Waals surface area contributed by atoms with Crippen molar-refractivity contribution in [3.8, 4) is 0 Å². The van der Waals surface area contributed by atoms with Gasteiger partial charge in [-0.15, -0.1) is 0 Å². The van der Waals surface area contributed by atoms with Crippen LogP contribution in [0.2, 0.25) is 0 Å². The highest BCUT2D eigenvalue weighted by Gasteiger charge is 2.24. The Hall–Kier alpha value is -1.71. The molecule has 17 heavy (non-hydrogen) atoms. The number of nitrogens with one attached hydrogen (secondary N) is 1. The second-order valence-corrected chi connectivity index (χ2v) is 4.90. The quantitative estimate of drug-likeness (QED) is 0.693. The van der Waals surface area contributed by atoms with Crippen molar-refractivity contribution in [2.45, 2.75) is 32.2 Å². The summed E-state index contributed by atoms with van der Waals surface area (Å²) < 4.78 is 0. The molecule has 1 fully saturated rings. The molecule has 0 aliphatic heterocycles. The van der Waals surface area contributed by atoms with Gasteiger partial charge in [0.25, 0.3) is 5.91 Å². The van der Waals surface area contributed by atoms with Crippen LogP contribution in [0.25, 0.3) is 0 Å². The first-order valence-electron chi connectivity index (χ1n) is 6.02. The van der Waals surface area contributed by atoms with Gasteiger partial charge in [0.1, 0.15) is 0 Å². The van der Waals surface area contributed by atoms with E-state index in [-0.39, 0.29) is 11.9 Å². The topological polar surface area (TPSA) is 81.1 Å². The number of anilines is 2. The van der Waals surface area contributed by atoms with E-state index >= 15 is 0 Å². The summed E-state index contributed by atoms with van der Waals surface area (Å²) in [5, 5.41) is 2.97. The van der Waals surface area contributed by atoms with Gasteiger partial charge in [-0.3, -0.25) is 4.79 Å². The fourth-order valence-electron chi connectivity index (χ4n) is 2.00. The van der Waals surface area contributed by atoms with Crippen LogP contribution in [-0.4, -0.2) is 11.9 Å². The fourth-order valence-corrected chi connectivity index (χ4v) is 2.00. The third-order valence-corrected chi connectivity index (χ3v) is 3.08. The Kier molecular flexibility index (Phi) is 3.22. The van der Waals surface area contributed by atoms with Crippen LogP contribution in [0.1, 0.15) is 36.5 Å². The van der Waals surface area contributed by atoms with Gasteiger partial charge < -0.3 is 16.8 Å². The van der Waals surface area contributed by atoms with Crippen LogP contribution in [0.15, 0.2) is 18.2 Å². The lowest BCUT2D eigenvalue weighted by Gasteiger charge is -2.14. The first-order valence-corrected chi connectivity index (χ1v) is 6.02. The van der Waals surface area contributed by atoms with Crippen LogP contribution in [0.3, 0.4) is 0 Å². The van der Waals surface area contributed by atoms with Crippen LogP contribution in [0.5, 0.6) is 0 Å². The molecule has 0 heterocycles. The van der Waals surface area contributed by atoms with Crippen molar-refractivity contribution in [2.75, 3.05) is 11.5 Å². The summed E-state index contributed by atoms with van der Waals surface area (Å²) in [5.74, 6) is 0.685. The average molecular weight is 233 g/mol. The van der Waals surface area contributed by atoms with E-state index in [0.717, 1.165) is 12.3 Å². The number of benzene rings is 1. The van der Waals surface area contributed by atoms with Crippen LogP contribution in [0, 0.1) is 5.92 Å². The normalized spacial score (nSPS) is 16.5. The SMILES string of the molecule is CC(CC1CC1)NC(=O)c1ccc(N)cc1N. The van der Waals surface area contributed by atoms with E-state index < -0.39 is 0 Å². The third kappa shape index (κ3) is 3.12. The molecule has 0 spiro atoms. The van der Waals surface area contributed by atoms with Crippen molar-refractivity contribution in [1.82, 2.24) is 5.32 Å². The predicted octanol–water partition coefficient (Wildman–Crippen LogP) is 1.77. The van der Waals surface area contributed by atoms with E-state index in [2.05, 4.69) is 5.32 Å². The molecule has 2 rings (SSSR count). The minimum Gasteiger partial charge on any atom is -0.399 e. The van der Waals surface area contributed by atoms with Crippen LogP contribution in [0.4, 0.5) is 11.4 Å². The molecule has 1 aliphatic rings. The molecule has 1 aromatic carbocycles. The van der Waals surface area contributed by atoms with Crippen molar-refractivity contribution in [1.29, 1.82) is 0 Å². The molecular formula is C13H19N3O. The van der Waals surface area contributed by atoms with E-state index in [1.807, 2.05) is 6.92 Å². The fraction of sp³-hybridized carbons (Fsp3) is 0.462. The summed E-state index contributed by atoms with van der Waals surface area (Å²) in [5.41, 5.74) is 12.9. The molecule has 1 unspecified atom stereocenters. The Labute approximate surface area is 101 Å². The molecule has 1 atom stereocenters. The summed E-state index contributed by atoms with van der Waals surface area (Å²) >= 11 is 0. The second kappa shape index (κ2) is 4.65. The summed E-state index contributed by atoms with van der Waals surface area (Å²) in [7, 11) is 0. The summed E-state index contributed by atoms with van der Waals surface area (Å²) in [4.78, 5) is 12.0. The third-order valence-electron chi connectivity index (χ3n) is 3.08. The lowest BCUT2D eigenvalue weighted by Crippen LogP contribution is -2.33. The zero-order chi connectivity index (χ0) is 12.4. The molecule has 1 aromatic rings. The van der Waals surface area contributed by atoms with E-state index in [4.69, 9.17) is 11.5 Å². The first-order chi connectivity index (χ1) is 8.06. The number of carbonyl (C=O) groups excluding carboxylic acids is 1. The number of hydrogen-bond acceptors (Lipinski definition) is 3. The van der Waals surface area contributed by atoms with Gasteiger partial charge in [0.15, 0.2) is 0 Å². The maximum absolute atomic E-state index is 12.0. The van der Waals surface area contributed by atoms with Crippen molar-refractivity contribution < 1.29 is 4.79 Å². The number of nitrogen functional groups attached to an aromatic ring is 2. The zero-order valence-corrected chi connectivity index (χ0v) is 10.1. The minimum absolute atomic E-state index is 0.115. The van der Waals surface area contributed by atoms with E-state index in [1.165, 1.54) is 12.8 Å². The van der Waals surface area contributed by atoms with E-state index in [0.29, 0.717) is 16.9 Å². The standard InChI is InChI=1S/C13H19N3O/c1-8(6-9-2-3-9)16-13(17)11-5-4-10(14)7-12(11)15/h4-5,7-9H,2-3,6,14-15H2,1H3,(H,16,17). The smallest absolute Gasteiger partial charge is 0.253 e. The van der Waals surface area contributed by atoms with E-state index in [1.54, 1.807) is 18.2 Å². The number of nitrogens with two attached hydrogens (primary N) is 2. The van der Waals surface area contributed by atoms with Gasteiger partial charge in [-0.2, -0.15) is 0 Å². The minimum atomic E-state index is -0.115. The number of carbonyl (C=O) groups is 1. The van der Waals surface area contributed by atoms with Crippen molar-refractivity contribution in [3.05, 3.63) is 23.8 Å². The molecule has 92 valence electrons. The Morgan fingerprint density at radius 2 is 2.18 bits per heavy atom. The van der Waals surface area contributed by atoms with Gasteiger partial charge >= 0.3 is 0 Å². The molecule has 0 radical (unpaired) electrons. The Bertz CT molecular complexity index is 427. The molecule has 0 bridgehead atoms. The molecule has 0 aromatic heterocycles. The lowest BCUT2D eigenvalue weighted by atomic mass is 10.1. The molecule has 4 heteroatoms. The van der Waals surface area contributed by atoms with Crippen molar-refractivity contribution in [3.63, 3.8) is 0 Å². The maximum atomic E-state index is 12.0. The summed E-state index contributed by atoms with van der Waals surface area (Å²) in [6.07, 6.45) is 3.65. The summed E-state index contributed by atoms with van der Waals surface area (Å²) in [6, 6.07) is 5.17. The van der Waals surface area contributed by atoms with Gasteiger partial charge in [-0.1, -0.05) is 12.8 Å². The van der Waals surface area contributed by atoms with Gasteiger partial charge in [0.05, 0.1) is 5.56 Å². The largest absolute Gasteiger partial charge is 0.399 e. The van der Waals surface area contributed by atoms with Crippen LogP contribution in [-0.2, 0) is 0 Å². The van der Waals surface area contributed by atoms with Crippen molar-refractivity contribution in [2.24, 2.45) is 5.92 Å². The zero-order valence-electron chi connectivity index (χ0n) is 10.1. The highest BCUT2D eigenvalue weighted by molar-refractivity contribution is 5.99. The molecule has 1 amide bonds. The number of rotatable bonds is 4. The molecule has 5 N–H and O–H groups in total. The van der Waals surface area contributed by atoms with Gasteiger partial charge in [0.2, 0.25) is 0 Å². The second-order valence-electron chi connectivity index (χ2n) is 4.90. The molecule has 1 aliphatic carbocycles. The monoisotopic (exact) mass is 233 g/mol. The Morgan fingerprint density at radius 1 is 1.47 bits per heavy atom. The predicted molar refractivity (Wildman–Crippen MR) is 69.5 cm³/mol. The molecule has 1 saturated carbocycles. The maximum Gasteiger partial charge on any atom is 0.253 e. The molecular weight excluding hydrogens is 214 g/mol. The van der Waals surface area contributed by atoms with Crippen LogP contribution >= 0.6 is 0 Å². The average Bonchev–Trinajstić information content (AvgIpc) is 3.00. The van der Waals surface area contributed by atoms with Gasteiger partial charge in [-0.25, -0.2) is 0 Å². The molecule has 0 saturated heterocycles. The lowest BCUT2D eigenvalue weighted by molar-refractivity contribution is 0.0938. The van der Waals surface area contributed by atoms with E-state index in [9.17, 15) is 4.79 Å². The highest BCUT2D eigenvalue weighted by Crippen LogP contribution is 2.33. The Balaban J connectivity index is 1.98. The van der Waals surface area contributed by atoms with Gasteiger partial charge in [-0.05, 0) is 37.5 Å². The Morgan fingerprint density at radius 3 is 2.76 bits per heavy atom. The number of hydrogen-bond donors (Lipinski definition) is 3. The van der Waals surface area contributed by atoms with Gasteiger partial charge in [0, 0.05) is 17.4 Å². The number of amides is 1. The van der Waals surface area contributed by atoms with Crippen molar-refractivity contribution >= 4 is 17.3 Å². The summed E-state index contributed by atoms with van der Waals surface area (Å²) in [6.45, 7) is 2.03. The first kappa shape index (κ1) is 11.8. The van der Waals surface area contributed by atoms with Crippen LogP contribution < -0.4 is 16.8 Å². The molecule has 4 nitrogen and oxygen atoms in total. The highest BCUT2D eigenvalue weighted by atomic mass is 16.1.